The summed E-state index contributed by atoms with van der Waals surface area (Å²) in [6.45, 7) is 2.72. The third-order valence-electron chi connectivity index (χ3n) is 2.45. The third-order valence-corrected chi connectivity index (χ3v) is 4.30. The van der Waals surface area contributed by atoms with Gasteiger partial charge in [0.2, 0.25) is 0 Å². The second-order valence-electron chi connectivity index (χ2n) is 3.71. The molecule has 0 saturated carbocycles. The Kier molecular flexibility index (Phi) is 4.68. The van der Waals surface area contributed by atoms with Crippen LogP contribution in [0, 0.1) is 18.8 Å². The van der Waals surface area contributed by atoms with Crippen LogP contribution in [0.25, 0.3) is 0 Å². The highest BCUT2D eigenvalue weighted by Crippen LogP contribution is 2.17. The van der Waals surface area contributed by atoms with E-state index < -0.39 is 0 Å². The fourth-order valence-electron chi connectivity index (χ4n) is 1.47. The molecule has 0 aromatic carbocycles. The summed E-state index contributed by atoms with van der Waals surface area (Å²) < 4.78 is 0. The molecule has 0 unspecified atom stereocenters. The Balaban J connectivity index is 2.04. The van der Waals surface area contributed by atoms with Gasteiger partial charge >= 0.3 is 0 Å². The molecule has 3 N–H and O–H groups in total. The number of carbonyl (C=O) groups is 1. The lowest BCUT2D eigenvalue weighted by atomic mass is 10.2. The fourth-order valence-corrected chi connectivity index (χ4v) is 2.95. The number of hydrogen-bond acceptors (Lipinski definition) is 5. The number of rotatable bonds is 3. The van der Waals surface area contributed by atoms with Gasteiger partial charge in [-0.3, -0.25) is 4.79 Å². The zero-order chi connectivity index (χ0) is 13.7. The van der Waals surface area contributed by atoms with E-state index in [1.165, 1.54) is 22.7 Å². The third kappa shape index (κ3) is 3.41. The van der Waals surface area contributed by atoms with Gasteiger partial charge in [-0.1, -0.05) is 11.8 Å². The predicted molar refractivity (Wildman–Crippen MR) is 78.3 cm³/mol. The quantitative estimate of drug-likeness (QED) is 0.847. The second kappa shape index (κ2) is 6.48. The maximum atomic E-state index is 12.1. The smallest absolute Gasteiger partial charge is 0.262 e. The molecule has 2 heterocycles. The minimum Gasteiger partial charge on any atom is -0.346 e. The lowest BCUT2D eigenvalue weighted by Gasteiger charge is -2.02. The van der Waals surface area contributed by atoms with Crippen molar-refractivity contribution in [3.8, 4) is 11.8 Å². The van der Waals surface area contributed by atoms with Gasteiger partial charge in [-0.05, 0) is 18.4 Å². The van der Waals surface area contributed by atoms with Crippen LogP contribution in [0.1, 0.15) is 25.8 Å². The van der Waals surface area contributed by atoms with E-state index >= 15 is 0 Å². The van der Waals surface area contributed by atoms with Crippen LogP contribution in [-0.4, -0.2) is 17.4 Å². The molecule has 0 radical (unpaired) electrons. The van der Waals surface area contributed by atoms with Crippen molar-refractivity contribution < 1.29 is 4.79 Å². The molecule has 0 saturated heterocycles. The Morgan fingerprint density at radius 3 is 3.05 bits per heavy atom. The van der Waals surface area contributed by atoms with Crippen molar-refractivity contribution in [3.63, 3.8) is 0 Å². The molecule has 2 rings (SSSR count). The maximum Gasteiger partial charge on any atom is 0.262 e. The monoisotopic (exact) mass is 291 g/mol. The van der Waals surface area contributed by atoms with E-state index in [4.69, 9.17) is 5.73 Å². The van der Waals surface area contributed by atoms with Crippen molar-refractivity contribution in [2.75, 3.05) is 6.54 Å². The molecule has 0 spiro atoms. The highest BCUT2D eigenvalue weighted by Gasteiger charge is 2.12. The van der Waals surface area contributed by atoms with Crippen LogP contribution in [0.2, 0.25) is 0 Å². The van der Waals surface area contributed by atoms with Gasteiger partial charge in [-0.2, -0.15) is 0 Å². The van der Waals surface area contributed by atoms with Crippen molar-refractivity contribution in [3.05, 3.63) is 38.0 Å². The van der Waals surface area contributed by atoms with Crippen LogP contribution in [0.4, 0.5) is 0 Å². The van der Waals surface area contributed by atoms with Gasteiger partial charge in [0.05, 0.1) is 24.3 Å². The minimum atomic E-state index is -0.107. The molecule has 2 aromatic heterocycles. The summed E-state index contributed by atoms with van der Waals surface area (Å²) in [5, 5.41) is 4.74. The van der Waals surface area contributed by atoms with Gasteiger partial charge in [-0.25, -0.2) is 4.98 Å². The van der Waals surface area contributed by atoms with Crippen LogP contribution in [-0.2, 0) is 6.54 Å². The Hall–Kier alpha value is -1.68. The number of thiophene rings is 1. The SMILES string of the molecule is Cc1ncsc1CNC(=O)c1sccc1C#CCN. The molecule has 4 nitrogen and oxygen atoms in total. The van der Waals surface area contributed by atoms with E-state index in [1.807, 2.05) is 18.4 Å². The van der Waals surface area contributed by atoms with E-state index in [1.54, 1.807) is 5.51 Å². The maximum absolute atomic E-state index is 12.1. The summed E-state index contributed by atoms with van der Waals surface area (Å²) in [5.41, 5.74) is 8.80. The fraction of sp³-hybridized carbons (Fsp3) is 0.231. The Morgan fingerprint density at radius 1 is 1.53 bits per heavy atom. The standard InChI is InChI=1S/C13H13N3OS2/c1-9-11(19-8-16-9)7-15-13(17)12-10(3-2-5-14)4-6-18-12/h4,6,8H,5,7,14H2,1H3,(H,15,17). The molecular weight excluding hydrogens is 278 g/mol. The van der Waals surface area contributed by atoms with E-state index in [0.717, 1.165) is 16.1 Å². The molecule has 19 heavy (non-hydrogen) atoms. The lowest BCUT2D eigenvalue weighted by Crippen LogP contribution is -2.22. The van der Waals surface area contributed by atoms with E-state index in [0.29, 0.717) is 11.4 Å². The molecule has 0 aliphatic carbocycles. The van der Waals surface area contributed by atoms with Gasteiger partial charge in [0.1, 0.15) is 4.88 Å². The van der Waals surface area contributed by atoms with Gasteiger partial charge in [-0.15, -0.1) is 22.7 Å². The Bertz CT molecular complexity index is 634. The minimum absolute atomic E-state index is 0.107. The van der Waals surface area contributed by atoms with Crippen molar-refractivity contribution in [1.29, 1.82) is 0 Å². The summed E-state index contributed by atoms with van der Waals surface area (Å²) in [6.07, 6.45) is 0. The van der Waals surface area contributed by atoms with E-state index in [2.05, 4.69) is 22.1 Å². The van der Waals surface area contributed by atoms with Crippen LogP contribution in [0.5, 0.6) is 0 Å². The molecule has 1 amide bonds. The number of carbonyl (C=O) groups excluding carboxylic acids is 1. The second-order valence-corrected chi connectivity index (χ2v) is 5.57. The number of nitrogens with one attached hydrogen (secondary N) is 1. The molecule has 0 fully saturated rings. The topological polar surface area (TPSA) is 68.0 Å². The van der Waals surface area contributed by atoms with E-state index in [-0.39, 0.29) is 12.5 Å². The molecule has 98 valence electrons. The molecule has 2 aromatic rings. The molecule has 6 heteroatoms. The normalized spacial score (nSPS) is 9.79. The van der Waals surface area contributed by atoms with Crippen LogP contribution < -0.4 is 11.1 Å². The average Bonchev–Trinajstić information content (AvgIpc) is 3.02. The number of nitrogens with zero attached hydrogens (tertiary/aromatic N) is 1. The number of aromatic nitrogens is 1. The lowest BCUT2D eigenvalue weighted by molar-refractivity contribution is 0.0955. The Morgan fingerprint density at radius 2 is 2.37 bits per heavy atom. The number of nitrogens with two attached hydrogens (primary N) is 1. The zero-order valence-electron chi connectivity index (χ0n) is 10.4. The average molecular weight is 291 g/mol. The zero-order valence-corrected chi connectivity index (χ0v) is 12.0. The van der Waals surface area contributed by atoms with Gasteiger partial charge in [0.15, 0.2) is 0 Å². The predicted octanol–water partition coefficient (Wildman–Crippen LogP) is 1.75. The molecular formula is C13H13N3OS2. The van der Waals surface area contributed by atoms with Crippen LogP contribution in [0.3, 0.4) is 0 Å². The van der Waals surface area contributed by atoms with Crippen molar-refractivity contribution in [2.45, 2.75) is 13.5 Å². The first-order chi connectivity index (χ1) is 9.22. The van der Waals surface area contributed by atoms with Crippen molar-refractivity contribution in [1.82, 2.24) is 10.3 Å². The number of thiazole rings is 1. The van der Waals surface area contributed by atoms with Gasteiger partial charge in [0.25, 0.3) is 5.91 Å². The summed E-state index contributed by atoms with van der Waals surface area (Å²) in [4.78, 5) is 17.9. The molecule has 0 atom stereocenters. The first-order valence-corrected chi connectivity index (χ1v) is 7.42. The van der Waals surface area contributed by atoms with Crippen molar-refractivity contribution >= 4 is 28.6 Å². The number of amides is 1. The van der Waals surface area contributed by atoms with Crippen LogP contribution in [0.15, 0.2) is 17.0 Å². The van der Waals surface area contributed by atoms with Gasteiger partial charge in [0, 0.05) is 10.4 Å². The first kappa shape index (κ1) is 13.7. The van der Waals surface area contributed by atoms with Crippen molar-refractivity contribution in [2.24, 2.45) is 5.73 Å². The van der Waals surface area contributed by atoms with E-state index in [9.17, 15) is 4.79 Å². The highest BCUT2D eigenvalue weighted by atomic mass is 32.1. The van der Waals surface area contributed by atoms with Gasteiger partial charge < -0.3 is 11.1 Å². The summed E-state index contributed by atoms with van der Waals surface area (Å²) in [6, 6.07) is 1.83. The summed E-state index contributed by atoms with van der Waals surface area (Å²) in [7, 11) is 0. The summed E-state index contributed by atoms with van der Waals surface area (Å²) >= 11 is 2.92. The highest BCUT2D eigenvalue weighted by molar-refractivity contribution is 7.12. The first-order valence-electron chi connectivity index (χ1n) is 5.66. The van der Waals surface area contributed by atoms with Crippen LogP contribution >= 0.6 is 22.7 Å². The largest absolute Gasteiger partial charge is 0.346 e. The number of aryl methyl sites for hydroxylation is 1. The summed E-state index contributed by atoms with van der Waals surface area (Å²) in [5.74, 6) is 5.56. The molecule has 0 aliphatic rings. The number of hydrogen-bond donors (Lipinski definition) is 2. The Labute approximate surface area is 119 Å². The molecule has 0 aliphatic heterocycles. The molecule has 0 bridgehead atoms.